The Morgan fingerprint density at radius 2 is 1.84 bits per heavy atom. The lowest BCUT2D eigenvalue weighted by Gasteiger charge is -2.36. The third-order valence-electron chi connectivity index (χ3n) is 4.82. The second-order valence-electron chi connectivity index (χ2n) is 6.40. The van der Waals surface area contributed by atoms with Gasteiger partial charge in [-0.15, -0.1) is 0 Å². The first-order chi connectivity index (χ1) is 12.3. The molecule has 2 heterocycles. The van der Waals surface area contributed by atoms with Crippen molar-refractivity contribution in [3.63, 3.8) is 0 Å². The molecule has 0 bridgehead atoms. The standard InChI is InChI=1S/C21H22N4/c1-16-19-10-6-5-9-18(19)12-14-25(16)20-11-13-22-21(24-20)23-15-17-7-3-2-4-8-17/h2-11,13,16H,12,14-15H2,1H3,(H,22,23,24)/t16-/m1/s1. The Morgan fingerprint density at radius 3 is 2.72 bits per heavy atom. The van der Waals surface area contributed by atoms with Crippen molar-refractivity contribution in [1.82, 2.24) is 9.97 Å². The lowest BCUT2D eigenvalue weighted by molar-refractivity contribution is 0.616. The Kier molecular flexibility index (Phi) is 4.34. The van der Waals surface area contributed by atoms with Crippen LogP contribution in [0.4, 0.5) is 11.8 Å². The van der Waals surface area contributed by atoms with Crippen molar-refractivity contribution in [1.29, 1.82) is 0 Å². The molecule has 0 radical (unpaired) electrons. The molecule has 0 saturated heterocycles. The zero-order chi connectivity index (χ0) is 17.1. The summed E-state index contributed by atoms with van der Waals surface area (Å²) in [6.45, 7) is 3.95. The molecule has 4 heteroatoms. The van der Waals surface area contributed by atoms with Crippen LogP contribution in [0.2, 0.25) is 0 Å². The molecule has 1 atom stereocenters. The van der Waals surface area contributed by atoms with Crippen molar-refractivity contribution in [2.24, 2.45) is 0 Å². The quantitative estimate of drug-likeness (QED) is 0.778. The van der Waals surface area contributed by atoms with Crippen molar-refractivity contribution in [3.05, 3.63) is 83.6 Å². The summed E-state index contributed by atoms with van der Waals surface area (Å²) in [5.41, 5.74) is 4.06. The highest BCUT2D eigenvalue weighted by Gasteiger charge is 2.24. The number of nitrogens with zero attached hydrogens (tertiary/aromatic N) is 3. The van der Waals surface area contributed by atoms with Crippen LogP contribution in [0.15, 0.2) is 66.9 Å². The van der Waals surface area contributed by atoms with Crippen molar-refractivity contribution in [3.8, 4) is 0 Å². The monoisotopic (exact) mass is 330 g/mol. The highest BCUT2D eigenvalue weighted by Crippen LogP contribution is 2.32. The Bertz CT molecular complexity index is 847. The maximum absolute atomic E-state index is 4.74. The lowest BCUT2D eigenvalue weighted by atomic mass is 9.94. The van der Waals surface area contributed by atoms with E-state index in [1.54, 1.807) is 0 Å². The van der Waals surface area contributed by atoms with Crippen LogP contribution < -0.4 is 10.2 Å². The van der Waals surface area contributed by atoms with Gasteiger partial charge in [-0.1, -0.05) is 54.6 Å². The summed E-state index contributed by atoms with van der Waals surface area (Å²) in [6, 6.07) is 21.3. The molecular formula is C21H22N4. The van der Waals surface area contributed by atoms with Gasteiger partial charge in [0.1, 0.15) is 5.82 Å². The number of hydrogen-bond donors (Lipinski definition) is 1. The van der Waals surface area contributed by atoms with Crippen molar-refractivity contribution < 1.29 is 0 Å². The van der Waals surface area contributed by atoms with Crippen molar-refractivity contribution in [2.75, 3.05) is 16.8 Å². The number of fused-ring (bicyclic) bond motifs is 1. The van der Waals surface area contributed by atoms with Gasteiger partial charge >= 0.3 is 0 Å². The van der Waals surface area contributed by atoms with Crippen LogP contribution in [-0.4, -0.2) is 16.5 Å². The average molecular weight is 330 g/mol. The average Bonchev–Trinajstić information content (AvgIpc) is 2.68. The van der Waals surface area contributed by atoms with Crippen LogP contribution in [0.25, 0.3) is 0 Å². The Balaban J connectivity index is 1.52. The zero-order valence-corrected chi connectivity index (χ0v) is 14.4. The molecule has 0 amide bonds. The summed E-state index contributed by atoms with van der Waals surface area (Å²) in [6.07, 6.45) is 2.89. The van der Waals surface area contributed by atoms with Gasteiger partial charge < -0.3 is 10.2 Å². The molecule has 1 aliphatic heterocycles. The first-order valence-corrected chi connectivity index (χ1v) is 8.76. The van der Waals surface area contributed by atoms with Gasteiger partial charge in [0, 0.05) is 19.3 Å². The third kappa shape index (κ3) is 3.33. The van der Waals surface area contributed by atoms with E-state index in [0.717, 1.165) is 25.3 Å². The summed E-state index contributed by atoms with van der Waals surface area (Å²) in [4.78, 5) is 11.5. The highest BCUT2D eigenvalue weighted by molar-refractivity contribution is 5.49. The van der Waals surface area contributed by atoms with E-state index in [-0.39, 0.29) is 0 Å². The van der Waals surface area contributed by atoms with Crippen LogP contribution in [0.5, 0.6) is 0 Å². The highest BCUT2D eigenvalue weighted by atomic mass is 15.2. The molecule has 2 aromatic carbocycles. The zero-order valence-electron chi connectivity index (χ0n) is 14.4. The second-order valence-corrected chi connectivity index (χ2v) is 6.40. The SMILES string of the molecule is C[C@@H]1c2ccccc2CCN1c1ccnc(NCc2ccccc2)n1. The van der Waals surface area contributed by atoms with E-state index in [2.05, 4.69) is 58.5 Å². The number of nitrogens with one attached hydrogen (secondary N) is 1. The molecule has 1 N–H and O–H groups in total. The Hall–Kier alpha value is -2.88. The molecule has 1 aliphatic rings. The van der Waals surface area contributed by atoms with Crippen LogP contribution in [0.3, 0.4) is 0 Å². The fraction of sp³-hybridized carbons (Fsp3) is 0.238. The van der Waals surface area contributed by atoms with E-state index in [4.69, 9.17) is 4.98 Å². The molecule has 0 spiro atoms. The second kappa shape index (κ2) is 6.93. The van der Waals surface area contributed by atoms with Gasteiger partial charge in [0.05, 0.1) is 6.04 Å². The summed E-state index contributed by atoms with van der Waals surface area (Å²) in [5.74, 6) is 1.65. The molecule has 1 aromatic heterocycles. The molecule has 4 nitrogen and oxygen atoms in total. The van der Waals surface area contributed by atoms with E-state index in [0.29, 0.717) is 12.0 Å². The summed E-state index contributed by atoms with van der Waals surface area (Å²) < 4.78 is 0. The van der Waals surface area contributed by atoms with E-state index in [1.165, 1.54) is 16.7 Å². The van der Waals surface area contributed by atoms with Crippen molar-refractivity contribution in [2.45, 2.75) is 25.9 Å². The summed E-state index contributed by atoms with van der Waals surface area (Å²) in [7, 11) is 0. The number of benzene rings is 2. The minimum atomic E-state index is 0.321. The van der Waals surface area contributed by atoms with E-state index in [9.17, 15) is 0 Å². The van der Waals surface area contributed by atoms with Gasteiger partial charge in [-0.3, -0.25) is 0 Å². The first-order valence-electron chi connectivity index (χ1n) is 8.76. The number of hydrogen-bond acceptors (Lipinski definition) is 4. The topological polar surface area (TPSA) is 41.1 Å². The molecule has 126 valence electrons. The minimum Gasteiger partial charge on any atom is -0.350 e. The van der Waals surface area contributed by atoms with Crippen molar-refractivity contribution >= 4 is 11.8 Å². The predicted molar refractivity (Wildman–Crippen MR) is 102 cm³/mol. The van der Waals surface area contributed by atoms with Gasteiger partial charge in [-0.25, -0.2) is 4.98 Å². The van der Waals surface area contributed by atoms with Gasteiger partial charge in [-0.2, -0.15) is 4.98 Å². The van der Waals surface area contributed by atoms with Crippen LogP contribution >= 0.6 is 0 Å². The maximum atomic E-state index is 4.74. The normalized spacial score (nSPS) is 16.4. The van der Waals surface area contributed by atoms with Crippen LogP contribution in [-0.2, 0) is 13.0 Å². The number of anilines is 2. The smallest absolute Gasteiger partial charge is 0.224 e. The molecular weight excluding hydrogens is 308 g/mol. The lowest BCUT2D eigenvalue weighted by Crippen LogP contribution is -2.34. The molecule has 3 aromatic rings. The van der Waals surface area contributed by atoms with E-state index >= 15 is 0 Å². The predicted octanol–water partition coefficient (Wildman–Crippen LogP) is 4.21. The van der Waals surface area contributed by atoms with Gasteiger partial charge in [-0.05, 0) is 36.1 Å². The van der Waals surface area contributed by atoms with Gasteiger partial charge in [0.15, 0.2) is 0 Å². The van der Waals surface area contributed by atoms with E-state index < -0.39 is 0 Å². The largest absolute Gasteiger partial charge is 0.350 e. The Morgan fingerprint density at radius 1 is 1.04 bits per heavy atom. The summed E-state index contributed by atoms with van der Waals surface area (Å²) >= 11 is 0. The third-order valence-corrected chi connectivity index (χ3v) is 4.82. The van der Waals surface area contributed by atoms with Crippen LogP contribution in [0.1, 0.15) is 29.7 Å². The molecule has 0 aliphatic carbocycles. The first kappa shape index (κ1) is 15.6. The Labute approximate surface area is 148 Å². The minimum absolute atomic E-state index is 0.321. The van der Waals surface area contributed by atoms with E-state index in [1.807, 2.05) is 30.5 Å². The molecule has 4 rings (SSSR count). The maximum Gasteiger partial charge on any atom is 0.224 e. The molecule has 0 fully saturated rings. The molecule has 25 heavy (non-hydrogen) atoms. The fourth-order valence-corrected chi connectivity index (χ4v) is 3.46. The molecule has 0 saturated carbocycles. The van der Waals surface area contributed by atoms with Gasteiger partial charge in [0.25, 0.3) is 0 Å². The fourth-order valence-electron chi connectivity index (χ4n) is 3.46. The summed E-state index contributed by atoms with van der Waals surface area (Å²) in [5, 5.41) is 3.33. The number of rotatable bonds is 4. The number of aromatic nitrogens is 2. The van der Waals surface area contributed by atoms with Gasteiger partial charge in [0.2, 0.25) is 5.95 Å². The molecule has 0 unspecified atom stereocenters. The van der Waals surface area contributed by atoms with Crippen LogP contribution in [0, 0.1) is 0 Å².